The van der Waals surface area contributed by atoms with Crippen molar-refractivity contribution in [1.82, 2.24) is 24.5 Å². The topological polar surface area (TPSA) is 56.0 Å². The lowest BCUT2D eigenvalue weighted by molar-refractivity contribution is -0.131. The van der Waals surface area contributed by atoms with Crippen LogP contribution in [0.4, 0.5) is 0 Å². The molecule has 2 aromatic heterocycles. The van der Waals surface area contributed by atoms with Crippen molar-refractivity contribution in [3.8, 4) is 0 Å². The fraction of sp³-hybridized carbons (Fsp3) is 0.632. The Morgan fingerprint density at radius 3 is 2.48 bits per heavy atom. The third kappa shape index (κ3) is 3.48. The van der Waals surface area contributed by atoms with Crippen LogP contribution in [0.3, 0.4) is 0 Å². The highest BCUT2D eigenvalue weighted by molar-refractivity contribution is 5.79. The Labute approximate surface area is 149 Å². The van der Waals surface area contributed by atoms with Crippen molar-refractivity contribution < 1.29 is 4.79 Å². The standard InChI is InChI=1S/C19H29N5O/c1-13(2)24-15(4)17(14(3)21-24)12-19(25)23-10-7-16(8-11-23)18-6-9-20-22(18)5/h6,9,13,16H,7-8,10-12H2,1-5H3. The molecule has 0 aromatic carbocycles. The molecule has 0 saturated carbocycles. The second-order valence-corrected chi connectivity index (χ2v) is 7.40. The highest BCUT2D eigenvalue weighted by Gasteiger charge is 2.26. The van der Waals surface area contributed by atoms with Crippen LogP contribution >= 0.6 is 0 Å². The molecule has 2 aromatic rings. The summed E-state index contributed by atoms with van der Waals surface area (Å²) in [4.78, 5) is 14.8. The Bertz CT molecular complexity index is 750. The van der Waals surface area contributed by atoms with E-state index in [0.29, 0.717) is 18.4 Å². The van der Waals surface area contributed by atoms with Crippen molar-refractivity contribution in [2.45, 2.75) is 58.9 Å². The van der Waals surface area contributed by atoms with Gasteiger partial charge in [0.1, 0.15) is 0 Å². The van der Waals surface area contributed by atoms with Gasteiger partial charge in [-0.15, -0.1) is 0 Å². The average molecular weight is 343 g/mol. The van der Waals surface area contributed by atoms with E-state index in [2.05, 4.69) is 37.0 Å². The predicted octanol–water partition coefficient (Wildman–Crippen LogP) is 2.76. The molecule has 0 N–H and O–H groups in total. The summed E-state index contributed by atoms with van der Waals surface area (Å²) in [5.74, 6) is 0.724. The van der Waals surface area contributed by atoms with E-state index in [4.69, 9.17) is 0 Å². The van der Waals surface area contributed by atoms with Crippen LogP contribution in [0.2, 0.25) is 0 Å². The molecule has 25 heavy (non-hydrogen) atoms. The van der Waals surface area contributed by atoms with Crippen LogP contribution in [0.25, 0.3) is 0 Å². The average Bonchev–Trinajstić information content (AvgIpc) is 3.13. The van der Waals surface area contributed by atoms with Gasteiger partial charge in [-0.25, -0.2) is 0 Å². The number of amides is 1. The van der Waals surface area contributed by atoms with E-state index >= 15 is 0 Å². The molecule has 0 atom stereocenters. The largest absolute Gasteiger partial charge is 0.342 e. The third-order valence-electron chi connectivity index (χ3n) is 5.42. The summed E-state index contributed by atoms with van der Waals surface area (Å²) in [5, 5.41) is 8.86. The molecule has 0 unspecified atom stereocenters. The molecule has 0 spiro atoms. The van der Waals surface area contributed by atoms with Gasteiger partial charge in [0.2, 0.25) is 5.91 Å². The first-order valence-electron chi connectivity index (χ1n) is 9.18. The molecule has 136 valence electrons. The fourth-order valence-electron chi connectivity index (χ4n) is 3.93. The molecule has 6 nitrogen and oxygen atoms in total. The van der Waals surface area contributed by atoms with Crippen LogP contribution in [0.1, 0.15) is 61.3 Å². The zero-order valence-corrected chi connectivity index (χ0v) is 16.0. The van der Waals surface area contributed by atoms with Crippen molar-refractivity contribution in [3.63, 3.8) is 0 Å². The number of likely N-dealkylation sites (tertiary alicyclic amines) is 1. The summed E-state index contributed by atoms with van der Waals surface area (Å²) >= 11 is 0. The van der Waals surface area contributed by atoms with Crippen molar-refractivity contribution in [2.24, 2.45) is 7.05 Å². The summed E-state index contributed by atoms with van der Waals surface area (Å²) < 4.78 is 3.97. The van der Waals surface area contributed by atoms with Gasteiger partial charge in [-0.05, 0) is 46.6 Å². The van der Waals surface area contributed by atoms with Crippen LogP contribution in [-0.4, -0.2) is 43.5 Å². The summed E-state index contributed by atoms with van der Waals surface area (Å²) in [6.07, 6.45) is 4.33. The van der Waals surface area contributed by atoms with Gasteiger partial charge in [-0.1, -0.05) is 0 Å². The third-order valence-corrected chi connectivity index (χ3v) is 5.42. The first-order valence-corrected chi connectivity index (χ1v) is 9.18. The number of piperidine rings is 1. The lowest BCUT2D eigenvalue weighted by Gasteiger charge is -2.32. The van der Waals surface area contributed by atoms with E-state index in [0.717, 1.165) is 42.9 Å². The van der Waals surface area contributed by atoms with Gasteiger partial charge in [-0.2, -0.15) is 10.2 Å². The van der Waals surface area contributed by atoms with Gasteiger partial charge in [0.15, 0.2) is 0 Å². The van der Waals surface area contributed by atoms with Gasteiger partial charge in [0.05, 0.1) is 12.1 Å². The van der Waals surface area contributed by atoms with Crippen LogP contribution in [-0.2, 0) is 18.3 Å². The van der Waals surface area contributed by atoms with E-state index in [1.165, 1.54) is 5.69 Å². The second kappa shape index (κ2) is 7.02. The number of hydrogen-bond acceptors (Lipinski definition) is 3. The maximum absolute atomic E-state index is 12.8. The first kappa shape index (κ1) is 17.7. The van der Waals surface area contributed by atoms with E-state index in [1.807, 2.05) is 34.4 Å². The molecular weight excluding hydrogens is 314 g/mol. The smallest absolute Gasteiger partial charge is 0.227 e. The number of rotatable bonds is 4. The molecule has 3 rings (SSSR count). The van der Waals surface area contributed by atoms with Gasteiger partial charge in [0, 0.05) is 55.2 Å². The number of nitrogens with zero attached hydrogens (tertiary/aromatic N) is 5. The molecule has 0 aliphatic carbocycles. The van der Waals surface area contributed by atoms with E-state index in [1.54, 1.807) is 0 Å². The summed E-state index contributed by atoms with van der Waals surface area (Å²) in [7, 11) is 1.99. The summed E-state index contributed by atoms with van der Waals surface area (Å²) in [6, 6.07) is 2.41. The second-order valence-electron chi connectivity index (χ2n) is 7.40. The summed E-state index contributed by atoms with van der Waals surface area (Å²) in [6.45, 7) is 9.96. The van der Waals surface area contributed by atoms with Gasteiger partial charge in [0.25, 0.3) is 0 Å². The molecular formula is C19H29N5O. The minimum absolute atomic E-state index is 0.220. The molecule has 1 saturated heterocycles. The van der Waals surface area contributed by atoms with Crippen LogP contribution in [0.5, 0.6) is 0 Å². The van der Waals surface area contributed by atoms with E-state index in [9.17, 15) is 4.79 Å². The number of hydrogen-bond donors (Lipinski definition) is 0. The predicted molar refractivity (Wildman–Crippen MR) is 97.6 cm³/mol. The van der Waals surface area contributed by atoms with Crippen LogP contribution in [0, 0.1) is 13.8 Å². The lowest BCUT2D eigenvalue weighted by Crippen LogP contribution is -2.39. The van der Waals surface area contributed by atoms with Crippen molar-refractivity contribution in [1.29, 1.82) is 0 Å². The van der Waals surface area contributed by atoms with Crippen molar-refractivity contribution in [3.05, 3.63) is 34.9 Å². The molecule has 1 amide bonds. The maximum atomic E-state index is 12.8. The van der Waals surface area contributed by atoms with Crippen LogP contribution < -0.4 is 0 Å². The molecule has 1 aliphatic rings. The number of carbonyl (C=O) groups is 1. The van der Waals surface area contributed by atoms with E-state index < -0.39 is 0 Å². The van der Waals surface area contributed by atoms with Crippen molar-refractivity contribution >= 4 is 5.91 Å². The normalized spacial score (nSPS) is 16.0. The Balaban J connectivity index is 1.63. The number of carbonyl (C=O) groups excluding carboxylic acids is 1. The lowest BCUT2D eigenvalue weighted by atomic mass is 9.93. The molecule has 0 bridgehead atoms. The zero-order chi connectivity index (χ0) is 18.1. The minimum atomic E-state index is 0.220. The number of aryl methyl sites for hydroxylation is 2. The SMILES string of the molecule is Cc1nn(C(C)C)c(C)c1CC(=O)N1CCC(c2ccnn2C)CC1. The number of aromatic nitrogens is 4. The van der Waals surface area contributed by atoms with Gasteiger partial charge in [-0.3, -0.25) is 14.2 Å². The first-order chi connectivity index (χ1) is 11.9. The maximum Gasteiger partial charge on any atom is 0.227 e. The fourth-order valence-corrected chi connectivity index (χ4v) is 3.93. The molecule has 0 radical (unpaired) electrons. The van der Waals surface area contributed by atoms with Gasteiger partial charge < -0.3 is 4.90 Å². The molecule has 1 fully saturated rings. The summed E-state index contributed by atoms with van der Waals surface area (Å²) in [5.41, 5.74) is 4.46. The van der Waals surface area contributed by atoms with E-state index in [-0.39, 0.29) is 5.91 Å². The Morgan fingerprint density at radius 2 is 1.96 bits per heavy atom. The van der Waals surface area contributed by atoms with Crippen molar-refractivity contribution in [2.75, 3.05) is 13.1 Å². The minimum Gasteiger partial charge on any atom is -0.342 e. The molecule has 6 heteroatoms. The quantitative estimate of drug-likeness (QED) is 0.858. The Hall–Kier alpha value is -2.11. The zero-order valence-electron chi connectivity index (χ0n) is 16.0. The Kier molecular flexibility index (Phi) is 4.97. The monoisotopic (exact) mass is 343 g/mol. The molecule has 1 aliphatic heterocycles. The van der Waals surface area contributed by atoms with Crippen LogP contribution in [0.15, 0.2) is 12.3 Å². The highest BCUT2D eigenvalue weighted by Crippen LogP contribution is 2.28. The van der Waals surface area contributed by atoms with Gasteiger partial charge >= 0.3 is 0 Å². The molecule has 3 heterocycles. The Morgan fingerprint density at radius 1 is 1.28 bits per heavy atom. The highest BCUT2D eigenvalue weighted by atomic mass is 16.2.